The summed E-state index contributed by atoms with van der Waals surface area (Å²) in [5.74, 6) is -0.279. The van der Waals surface area contributed by atoms with Gasteiger partial charge in [-0.1, -0.05) is 35.5 Å². The molecular weight excluding hydrogens is 413 g/mol. The summed E-state index contributed by atoms with van der Waals surface area (Å²) in [6, 6.07) is 15.1. The van der Waals surface area contributed by atoms with Crippen LogP contribution in [-0.2, 0) is 6.42 Å². The van der Waals surface area contributed by atoms with Crippen LogP contribution in [0.2, 0.25) is 0 Å². The standard InChI is InChI=1S/C23H26FN5O3/c1-2-25-22(30)18-10-11-20(29-16-19(27-28-29)23(31)26-13-12-24)21(15-18)32-14-6-9-17-7-4-3-5-8-17/h3-5,7-8,10-11,15-16H,2,6,9,12-14H2,1H3,(H,25,30)(H,26,31). The van der Waals surface area contributed by atoms with E-state index in [0.717, 1.165) is 12.8 Å². The number of nitrogens with one attached hydrogen (secondary N) is 2. The van der Waals surface area contributed by atoms with Gasteiger partial charge in [0, 0.05) is 18.7 Å². The molecule has 0 aliphatic heterocycles. The number of amides is 2. The van der Waals surface area contributed by atoms with Gasteiger partial charge in [-0.15, -0.1) is 5.10 Å². The number of carbonyl (C=O) groups excluding carboxylic acids is 2. The second-order valence-electron chi connectivity index (χ2n) is 6.97. The molecule has 3 rings (SSSR count). The van der Waals surface area contributed by atoms with E-state index in [2.05, 4.69) is 33.1 Å². The minimum absolute atomic E-state index is 0.0567. The summed E-state index contributed by atoms with van der Waals surface area (Å²) in [4.78, 5) is 24.3. The van der Waals surface area contributed by atoms with Crippen LogP contribution < -0.4 is 15.4 Å². The molecule has 1 aromatic heterocycles. The number of aromatic nitrogens is 3. The zero-order chi connectivity index (χ0) is 22.8. The van der Waals surface area contributed by atoms with Crippen molar-refractivity contribution in [2.75, 3.05) is 26.4 Å². The lowest BCUT2D eigenvalue weighted by Gasteiger charge is -2.13. The zero-order valence-corrected chi connectivity index (χ0v) is 17.9. The number of halogens is 1. The first-order chi connectivity index (χ1) is 15.6. The molecule has 0 fully saturated rings. The molecule has 2 aromatic carbocycles. The number of hydrogen-bond donors (Lipinski definition) is 2. The van der Waals surface area contributed by atoms with Gasteiger partial charge in [-0.05, 0) is 43.5 Å². The Balaban J connectivity index is 1.77. The number of hydrogen-bond acceptors (Lipinski definition) is 5. The molecule has 0 saturated heterocycles. The summed E-state index contributed by atoms with van der Waals surface area (Å²) >= 11 is 0. The van der Waals surface area contributed by atoms with Crippen molar-refractivity contribution in [2.45, 2.75) is 19.8 Å². The molecule has 0 aliphatic rings. The van der Waals surface area contributed by atoms with Gasteiger partial charge >= 0.3 is 0 Å². The van der Waals surface area contributed by atoms with E-state index in [1.54, 1.807) is 18.2 Å². The topological polar surface area (TPSA) is 98.1 Å². The summed E-state index contributed by atoms with van der Waals surface area (Å²) in [6.45, 7) is 2.02. The first-order valence-corrected chi connectivity index (χ1v) is 10.5. The van der Waals surface area contributed by atoms with E-state index in [9.17, 15) is 14.0 Å². The van der Waals surface area contributed by atoms with Crippen LogP contribution >= 0.6 is 0 Å². The van der Waals surface area contributed by atoms with Crippen LogP contribution in [0.1, 0.15) is 39.8 Å². The molecule has 2 N–H and O–H groups in total. The fraction of sp³-hybridized carbons (Fsp3) is 0.304. The Morgan fingerprint density at radius 2 is 1.91 bits per heavy atom. The number of rotatable bonds is 11. The first kappa shape index (κ1) is 22.9. The largest absolute Gasteiger partial charge is 0.491 e. The molecule has 2 amide bonds. The van der Waals surface area contributed by atoms with Gasteiger partial charge < -0.3 is 15.4 Å². The Bertz CT molecular complexity index is 1040. The Labute approximate surface area is 185 Å². The molecule has 3 aromatic rings. The third kappa shape index (κ3) is 6.13. The molecule has 0 saturated carbocycles. The fourth-order valence-corrected chi connectivity index (χ4v) is 3.06. The number of nitrogens with zero attached hydrogens (tertiary/aromatic N) is 3. The molecular formula is C23H26FN5O3. The Morgan fingerprint density at radius 3 is 2.66 bits per heavy atom. The van der Waals surface area contributed by atoms with Gasteiger partial charge in [0.15, 0.2) is 5.69 Å². The number of carbonyl (C=O) groups is 2. The summed E-state index contributed by atoms with van der Waals surface area (Å²) in [6.07, 6.45) is 3.07. The predicted molar refractivity (Wildman–Crippen MR) is 118 cm³/mol. The molecule has 0 bridgehead atoms. The third-order valence-electron chi connectivity index (χ3n) is 4.62. The molecule has 0 unspecified atom stereocenters. The van der Waals surface area contributed by atoms with Crippen molar-refractivity contribution >= 4 is 11.8 Å². The second kappa shape index (κ2) is 11.6. The van der Waals surface area contributed by atoms with Crippen molar-refractivity contribution in [3.63, 3.8) is 0 Å². The van der Waals surface area contributed by atoms with Crippen LogP contribution in [0.15, 0.2) is 54.7 Å². The Morgan fingerprint density at radius 1 is 1.09 bits per heavy atom. The van der Waals surface area contributed by atoms with Crippen LogP contribution in [0.3, 0.4) is 0 Å². The molecule has 168 valence electrons. The normalized spacial score (nSPS) is 10.6. The molecule has 32 heavy (non-hydrogen) atoms. The highest BCUT2D eigenvalue weighted by Crippen LogP contribution is 2.25. The van der Waals surface area contributed by atoms with E-state index < -0.39 is 12.6 Å². The van der Waals surface area contributed by atoms with Crippen molar-refractivity contribution in [2.24, 2.45) is 0 Å². The molecule has 9 heteroatoms. The summed E-state index contributed by atoms with van der Waals surface area (Å²) in [5, 5.41) is 13.0. The minimum Gasteiger partial charge on any atom is -0.491 e. The van der Waals surface area contributed by atoms with Gasteiger partial charge in [0.25, 0.3) is 11.8 Å². The van der Waals surface area contributed by atoms with Crippen LogP contribution in [0.4, 0.5) is 4.39 Å². The molecule has 0 aliphatic carbocycles. The van der Waals surface area contributed by atoms with Crippen LogP contribution in [-0.4, -0.2) is 53.2 Å². The number of alkyl halides is 1. The highest BCUT2D eigenvalue weighted by Gasteiger charge is 2.16. The minimum atomic E-state index is -0.665. The maximum atomic E-state index is 12.3. The molecule has 0 spiro atoms. The van der Waals surface area contributed by atoms with Gasteiger partial charge in [0.2, 0.25) is 0 Å². The summed E-state index contributed by atoms with van der Waals surface area (Å²) in [7, 11) is 0. The third-order valence-corrected chi connectivity index (χ3v) is 4.62. The van der Waals surface area contributed by atoms with Crippen LogP contribution in [0, 0.1) is 0 Å². The van der Waals surface area contributed by atoms with Crippen molar-refractivity contribution in [3.8, 4) is 11.4 Å². The fourth-order valence-electron chi connectivity index (χ4n) is 3.06. The van der Waals surface area contributed by atoms with Gasteiger partial charge in [-0.2, -0.15) is 0 Å². The van der Waals surface area contributed by atoms with Crippen molar-refractivity contribution < 1.29 is 18.7 Å². The van der Waals surface area contributed by atoms with Crippen molar-refractivity contribution in [1.82, 2.24) is 25.6 Å². The van der Waals surface area contributed by atoms with Crippen molar-refractivity contribution in [3.05, 3.63) is 71.5 Å². The molecule has 0 atom stereocenters. The SMILES string of the molecule is CCNC(=O)c1ccc(-n2cc(C(=O)NCCF)nn2)c(OCCCc2ccccc2)c1. The highest BCUT2D eigenvalue weighted by atomic mass is 19.1. The Hall–Kier alpha value is -3.75. The van der Waals surface area contributed by atoms with Crippen molar-refractivity contribution in [1.29, 1.82) is 0 Å². The number of ether oxygens (including phenoxy) is 1. The number of aryl methyl sites for hydroxylation is 1. The monoisotopic (exact) mass is 439 g/mol. The van der Waals surface area contributed by atoms with Gasteiger partial charge in [0.1, 0.15) is 18.1 Å². The van der Waals surface area contributed by atoms with E-state index >= 15 is 0 Å². The van der Waals surface area contributed by atoms with Gasteiger partial charge in [-0.3, -0.25) is 9.59 Å². The van der Waals surface area contributed by atoms with E-state index in [1.165, 1.54) is 16.4 Å². The van der Waals surface area contributed by atoms with E-state index in [0.29, 0.717) is 30.2 Å². The molecule has 1 heterocycles. The highest BCUT2D eigenvalue weighted by molar-refractivity contribution is 5.95. The molecule has 0 radical (unpaired) electrons. The quantitative estimate of drug-likeness (QED) is 0.448. The van der Waals surface area contributed by atoms with E-state index in [-0.39, 0.29) is 18.1 Å². The smallest absolute Gasteiger partial charge is 0.273 e. The lowest BCUT2D eigenvalue weighted by atomic mass is 10.1. The van der Waals surface area contributed by atoms with E-state index in [1.807, 2.05) is 25.1 Å². The maximum absolute atomic E-state index is 12.3. The average Bonchev–Trinajstić information content (AvgIpc) is 3.31. The lowest BCUT2D eigenvalue weighted by Crippen LogP contribution is -2.25. The zero-order valence-electron chi connectivity index (χ0n) is 17.9. The number of benzene rings is 2. The maximum Gasteiger partial charge on any atom is 0.273 e. The van der Waals surface area contributed by atoms with E-state index in [4.69, 9.17) is 4.74 Å². The Kier molecular flexibility index (Phi) is 8.30. The first-order valence-electron chi connectivity index (χ1n) is 10.5. The van der Waals surface area contributed by atoms with Crippen LogP contribution in [0.25, 0.3) is 5.69 Å². The second-order valence-corrected chi connectivity index (χ2v) is 6.97. The predicted octanol–water partition coefficient (Wildman–Crippen LogP) is 2.73. The average molecular weight is 439 g/mol. The lowest BCUT2D eigenvalue weighted by molar-refractivity contribution is 0.0941. The van der Waals surface area contributed by atoms with Gasteiger partial charge in [0.05, 0.1) is 12.8 Å². The van der Waals surface area contributed by atoms with Crippen LogP contribution in [0.5, 0.6) is 5.75 Å². The molecule has 8 nitrogen and oxygen atoms in total. The van der Waals surface area contributed by atoms with Gasteiger partial charge in [-0.25, -0.2) is 9.07 Å². The summed E-state index contributed by atoms with van der Waals surface area (Å²) < 4.78 is 19.7. The summed E-state index contributed by atoms with van der Waals surface area (Å²) in [5.41, 5.74) is 2.26.